The molecular weight excluding hydrogens is 259 g/mol. The van der Waals surface area contributed by atoms with E-state index in [-0.39, 0.29) is 11.3 Å². The molecule has 1 aromatic rings. The summed E-state index contributed by atoms with van der Waals surface area (Å²) in [6, 6.07) is 4.51. The highest BCUT2D eigenvalue weighted by atomic mass is 19.4. The summed E-state index contributed by atoms with van der Waals surface area (Å²) in [6.07, 6.45) is -6.27. The third-order valence-corrected chi connectivity index (χ3v) is 2.04. The third kappa shape index (κ3) is 5.11. The van der Waals surface area contributed by atoms with Crippen LogP contribution in [0.5, 0.6) is 5.75 Å². The quantitative estimate of drug-likeness (QED) is 0.599. The number of carbonyl (C=O) groups is 1. The van der Waals surface area contributed by atoms with Crippen LogP contribution in [0.3, 0.4) is 0 Å². The Labute approximate surface area is 99.4 Å². The van der Waals surface area contributed by atoms with Crippen molar-refractivity contribution in [2.24, 2.45) is 0 Å². The van der Waals surface area contributed by atoms with Gasteiger partial charge in [0.15, 0.2) is 5.78 Å². The van der Waals surface area contributed by atoms with E-state index >= 15 is 0 Å². The Bertz CT molecular complexity index is 397. The molecule has 0 heterocycles. The van der Waals surface area contributed by atoms with Crippen LogP contribution in [-0.2, 0) is 0 Å². The minimum absolute atomic E-state index is 0.0286. The Morgan fingerprint density at radius 3 is 2.17 bits per heavy atom. The van der Waals surface area contributed by atoms with E-state index in [4.69, 9.17) is 0 Å². The Morgan fingerprint density at radius 1 is 1.17 bits per heavy atom. The predicted octanol–water partition coefficient (Wildman–Crippen LogP) is 3.81. The zero-order valence-corrected chi connectivity index (χ0v) is 9.01. The minimum Gasteiger partial charge on any atom is -0.435 e. The van der Waals surface area contributed by atoms with Gasteiger partial charge in [0.2, 0.25) is 0 Å². The van der Waals surface area contributed by atoms with Crippen molar-refractivity contribution in [3.8, 4) is 5.75 Å². The van der Waals surface area contributed by atoms with Gasteiger partial charge >= 0.3 is 12.8 Å². The van der Waals surface area contributed by atoms with Crippen LogP contribution in [0.1, 0.15) is 23.2 Å². The molecular formula is C11H9F5O2. The van der Waals surface area contributed by atoms with Crippen molar-refractivity contribution in [2.45, 2.75) is 25.6 Å². The molecule has 0 aromatic heterocycles. The summed E-state index contributed by atoms with van der Waals surface area (Å²) in [6.45, 7) is -2.99. The van der Waals surface area contributed by atoms with Gasteiger partial charge in [-0.1, -0.05) is 0 Å². The highest BCUT2D eigenvalue weighted by Gasteiger charge is 2.28. The number of benzene rings is 1. The van der Waals surface area contributed by atoms with E-state index in [0.29, 0.717) is 0 Å². The van der Waals surface area contributed by atoms with Crippen molar-refractivity contribution in [1.82, 2.24) is 0 Å². The van der Waals surface area contributed by atoms with Crippen LogP contribution < -0.4 is 4.74 Å². The van der Waals surface area contributed by atoms with Gasteiger partial charge < -0.3 is 4.74 Å². The normalized spacial score (nSPS) is 11.7. The summed E-state index contributed by atoms with van der Waals surface area (Å²) in [7, 11) is 0. The SMILES string of the molecule is O=C(CCC(F)(F)F)c1ccc(OC(F)F)cc1. The van der Waals surface area contributed by atoms with Gasteiger partial charge in [-0.05, 0) is 24.3 Å². The first-order valence-corrected chi connectivity index (χ1v) is 4.93. The first kappa shape index (κ1) is 14.4. The van der Waals surface area contributed by atoms with Crippen molar-refractivity contribution in [3.05, 3.63) is 29.8 Å². The molecule has 0 bridgehead atoms. The summed E-state index contributed by atoms with van der Waals surface area (Å²) >= 11 is 0. The van der Waals surface area contributed by atoms with Crippen LogP contribution in [0.15, 0.2) is 24.3 Å². The maximum Gasteiger partial charge on any atom is 0.389 e. The smallest absolute Gasteiger partial charge is 0.389 e. The molecule has 0 saturated heterocycles. The van der Waals surface area contributed by atoms with Crippen LogP contribution in [-0.4, -0.2) is 18.6 Å². The molecule has 0 amide bonds. The monoisotopic (exact) mass is 268 g/mol. The van der Waals surface area contributed by atoms with Crippen LogP contribution in [0.2, 0.25) is 0 Å². The van der Waals surface area contributed by atoms with Crippen molar-refractivity contribution in [1.29, 1.82) is 0 Å². The molecule has 0 spiro atoms. The summed E-state index contributed by atoms with van der Waals surface area (Å²) in [4.78, 5) is 11.3. The van der Waals surface area contributed by atoms with Crippen molar-refractivity contribution in [2.75, 3.05) is 0 Å². The Balaban J connectivity index is 2.59. The Kier molecular flexibility index (Phi) is 4.63. The van der Waals surface area contributed by atoms with E-state index < -0.39 is 31.4 Å². The van der Waals surface area contributed by atoms with Gasteiger partial charge in [-0.3, -0.25) is 4.79 Å². The van der Waals surface area contributed by atoms with Crippen molar-refractivity contribution >= 4 is 5.78 Å². The fourth-order valence-electron chi connectivity index (χ4n) is 1.22. The van der Waals surface area contributed by atoms with Crippen LogP contribution in [0, 0.1) is 0 Å². The molecule has 0 aliphatic heterocycles. The molecule has 18 heavy (non-hydrogen) atoms. The zero-order valence-electron chi connectivity index (χ0n) is 9.01. The zero-order chi connectivity index (χ0) is 13.8. The summed E-state index contributed by atoms with van der Waals surface area (Å²) in [5.41, 5.74) is 0.0286. The number of rotatable bonds is 5. The number of halogens is 5. The number of ketones is 1. The lowest BCUT2D eigenvalue weighted by Gasteiger charge is -2.07. The van der Waals surface area contributed by atoms with E-state index in [9.17, 15) is 26.7 Å². The van der Waals surface area contributed by atoms with Gasteiger partial charge in [0.1, 0.15) is 5.75 Å². The van der Waals surface area contributed by atoms with E-state index in [1.165, 1.54) is 0 Å². The molecule has 7 heteroatoms. The average Bonchev–Trinajstić information content (AvgIpc) is 2.25. The summed E-state index contributed by atoms with van der Waals surface area (Å²) in [5.74, 6) is -0.853. The number of Topliss-reactive ketones (excluding diaryl/α,β-unsaturated/α-hetero) is 1. The van der Waals surface area contributed by atoms with Gasteiger partial charge in [0, 0.05) is 12.0 Å². The number of alkyl halides is 5. The number of carbonyl (C=O) groups excluding carboxylic acids is 1. The van der Waals surface area contributed by atoms with Gasteiger partial charge in [-0.25, -0.2) is 0 Å². The largest absolute Gasteiger partial charge is 0.435 e. The summed E-state index contributed by atoms with van der Waals surface area (Å²) < 4.78 is 63.3. The average molecular weight is 268 g/mol. The van der Waals surface area contributed by atoms with E-state index in [0.717, 1.165) is 24.3 Å². The topological polar surface area (TPSA) is 26.3 Å². The predicted molar refractivity (Wildman–Crippen MR) is 52.7 cm³/mol. The standard InChI is InChI=1S/C11H9F5O2/c12-10(13)18-8-3-1-7(2-4-8)9(17)5-6-11(14,15)16/h1-4,10H,5-6H2. The van der Waals surface area contributed by atoms with Gasteiger partial charge in [0.05, 0.1) is 6.42 Å². The number of hydrogen-bond acceptors (Lipinski definition) is 2. The molecule has 0 fully saturated rings. The molecule has 0 N–H and O–H groups in total. The highest BCUT2D eigenvalue weighted by molar-refractivity contribution is 5.96. The first-order chi connectivity index (χ1) is 8.28. The van der Waals surface area contributed by atoms with E-state index in [1.54, 1.807) is 0 Å². The van der Waals surface area contributed by atoms with E-state index in [1.807, 2.05) is 0 Å². The molecule has 1 aromatic carbocycles. The van der Waals surface area contributed by atoms with Gasteiger partial charge in [0.25, 0.3) is 0 Å². The molecule has 1 rings (SSSR count). The lowest BCUT2D eigenvalue weighted by Crippen LogP contribution is -2.11. The molecule has 100 valence electrons. The number of ether oxygens (including phenoxy) is 1. The van der Waals surface area contributed by atoms with Crippen molar-refractivity contribution in [3.63, 3.8) is 0 Å². The first-order valence-electron chi connectivity index (χ1n) is 4.93. The lowest BCUT2D eigenvalue weighted by atomic mass is 10.1. The minimum atomic E-state index is -4.39. The fourth-order valence-corrected chi connectivity index (χ4v) is 1.22. The van der Waals surface area contributed by atoms with Crippen LogP contribution in [0.25, 0.3) is 0 Å². The summed E-state index contributed by atoms with van der Waals surface area (Å²) in [5, 5.41) is 0. The van der Waals surface area contributed by atoms with Gasteiger partial charge in [-0.15, -0.1) is 0 Å². The fraction of sp³-hybridized carbons (Fsp3) is 0.364. The molecule has 0 aliphatic rings. The van der Waals surface area contributed by atoms with Gasteiger partial charge in [-0.2, -0.15) is 22.0 Å². The maximum absolute atomic E-state index is 11.9. The maximum atomic E-state index is 11.9. The molecule has 0 atom stereocenters. The van der Waals surface area contributed by atoms with Crippen LogP contribution >= 0.6 is 0 Å². The highest BCUT2D eigenvalue weighted by Crippen LogP contribution is 2.23. The molecule has 0 aliphatic carbocycles. The van der Waals surface area contributed by atoms with Crippen molar-refractivity contribution < 1.29 is 31.5 Å². The lowest BCUT2D eigenvalue weighted by molar-refractivity contribution is -0.133. The Hall–Kier alpha value is -1.66. The van der Waals surface area contributed by atoms with E-state index in [2.05, 4.69) is 4.74 Å². The Morgan fingerprint density at radius 2 is 1.72 bits per heavy atom. The molecule has 0 saturated carbocycles. The van der Waals surface area contributed by atoms with Crippen LogP contribution in [0.4, 0.5) is 22.0 Å². The third-order valence-electron chi connectivity index (χ3n) is 2.04. The second-order valence-corrected chi connectivity index (χ2v) is 3.44. The molecule has 0 radical (unpaired) electrons. The number of hydrogen-bond donors (Lipinski definition) is 0. The molecule has 0 unspecified atom stereocenters. The second-order valence-electron chi connectivity index (χ2n) is 3.44. The second kappa shape index (κ2) is 5.79. The molecule has 2 nitrogen and oxygen atoms in total.